The lowest BCUT2D eigenvalue weighted by Gasteiger charge is -2.21. The summed E-state index contributed by atoms with van der Waals surface area (Å²) in [6.45, 7) is 0. The van der Waals surface area contributed by atoms with Gasteiger partial charge in [0, 0.05) is 28.7 Å². The van der Waals surface area contributed by atoms with Gasteiger partial charge in [0.05, 0.1) is 17.6 Å². The number of amides is 1. The standard InChI is InChI=1S/C28H30FN3O/c29-25-16-21(11-12-24(25)28(30)13-14-28)27-23(20-9-5-2-6-10-20)17-22(18-31-27)32-26(33)15-19-7-3-1-4-8-19/h2,5-6,9-12,16-19H,1,3-4,7-8,13-15,30H2,(H,32,33). The molecule has 0 unspecified atom stereocenters. The molecule has 4 nitrogen and oxygen atoms in total. The second-order valence-corrected chi connectivity index (χ2v) is 9.59. The number of hydrogen-bond acceptors (Lipinski definition) is 3. The van der Waals surface area contributed by atoms with Crippen molar-refractivity contribution in [3.63, 3.8) is 0 Å². The molecule has 5 rings (SSSR count). The van der Waals surface area contributed by atoms with Crippen molar-refractivity contribution in [1.82, 2.24) is 4.98 Å². The minimum atomic E-state index is -0.523. The Morgan fingerprint density at radius 2 is 1.79 bits per heavy atom. The Bertz CT molecular complexity index is 1150. The van der Waals surface area contributed by atoms with Crippen molar-refractivity contribution in [3.05, 3.63) is 72.2 Å². The van der Waals surface area contributed by atoms with Crippen LogP contribution in [0.15, 0.2) is 60.8 Å². The smallest absolute Gasteiger partial charge is 0.224 e. The van der Waals surface area contributed by atoms with E-state index in [1.807, 2.05) is 42.5 Å². The Kier molecular flexibility index (Phi) is 5.98. The summed E-state index contributed by atoms with van der Waals surface area (Å²) < 4.78 is 14.9. The van der Waals surface area contributed by atoms with Gasteiger partial charge in [-0.3, -0.25) is 9.78 Å². The fraction of sp³-hybridized carbons (Fsp3) is 0.357. The number of carbonyl (C=O) groups excluding carboxylic acids is 1. The summed E-state index contributed by atoms with van der Waals surface area (Å²) in [6.07, 6.45) is 9.81. The number of nitrogens with two attached hydrogens (primary N) is 1. The predicted molar refractivity (Wildman–Crippen MR) is 130 cm³/mol. The molecule has 5 heteroatoms. The summed E-state index contributed by atoms with van der Waals surface area (Å²) in [5, 5.41) is 3.03. The molecule has 1 heterocycles. The van der Waals surface area contributed by atoms with Gasteiger partial charge in [-0.05, 0) is 49.3 Å². The number of benzene rings is 2. The second-order valence-electron chi connectivity index (χ2n) is 9.59. The normalized spacial score (nSPS) is 17.5. The van der Waals surface area contributed by atoms with Gasteiger partial charge in [0.1, 0.15) is 5.82 Å². The van der Waals surface area contributed by atoms with Crippen molar-refractivity contribution >= 4 is 11.6 Å². The Hall–Kier alpha value is -3.05. The van der Waals surface area contributed by atoms with E-state index in [-0.39, 0.29) is 11.7 Å². The van der Waals surface area contributed by atoms with Crippen LogP contribution in [0.1, 0.15) is 56.9 Å². The van der Waals surface area contributed by atoms with Gasteiger partial charge < -0.3 is 11.1 Å². The van der Waals surface area contributed by atoms with Crippen molar-refractivity contribution in [1.29, 1.82) is 0 Å². The van der Waals surface area contributed by atoms with E-state index in [0.717, 1.165) is 36.8 Å². The molecule has 2 saturated carbocycles. The summed E-state index contributed by atoms with van der Waals surface area (Å²) in [4.78, 5) is 17.3. The summed E-state index contributed by atoms with van der Waals surface area (Å²) in [7, 11) is 0. The number of pyridine rings is 1. The van der Waals surface area contributed by atoms with E-state index in [1.54, 1.807) is 12.3 Å². The van der Waals surface area contributed by atoms with Gasteiger partial charge in [-0.1, -0.05) is 61.7 Å². The first-order valence-corrected chi connectivity index (χ1v) is 12.0. The number of hydrogen-bond donors (Lipinski definition) is 2. The molecular formula is C28H30FN3O. The van der Waals surface area contributed by atoms with Gasteiger partial charge in [0.15, 0.2) is 0 Å². The first-order valence-electron chi connectivity index (χ1n) is 12.0. The van der Waals surface area contributed by atoms with Crippen molar-refractivity contribution in [3.8, 4) is 22.4 Å². The molecule has 0 bridgehead atoms. The summed E-state index contributed by atoms with van der Waals surface area (Å²) >= 11 is 0. The van der Waals surface area contributed by atoms with Gasteiger partial charge in [0.25, 0.3) is 0 Å². The Labute approximate surface area is 194 Å². The summed E-state index contributed by atoms with van der Waals surface area (Å²) in [5.41, 5.74) is 10.1. The van der Waals surface area contributed by atoms with Crippen LogP contribution in [0.3, 0.4) is 0 Å². The third kappa shape index (κ3) is 4.83. The Balaban J connectivity index is 1.44. The van der Waals surface area contributed by atoms with E-state index in [0.29, 0.717) is 34.8 Å². The van der Waals surface area contributed by atoms with Crippen molar-refractivity contribution in [2.45, 2.75) is 56.9 Å². The van der Waals surface area contributed by atoms with Crippen LogP contribution in [0.5, 0.6) is 0 Å². The molecule has 3 aromatic rings. The van der Waals surface area contributed by atoms with Crippen LogP contribution in [0.2, 0.25) is 0 Å². The number of nitrogens with zero attached hydrogens (tertiary/aromatic N) is 1. The van der Waals surface area contributed by atoms with E-state index in [4.69, 9.17) is 5.73 Å². The SMILES string of the molecule is NC1(c2ccc(-c3ncc(NC(=O)CC4CCCCC4)cc3-c3ccccc3)cc2F)CC1. The molecule has 1 amide bonds. The lowest BCUT2D eigenvalue weighted by molar-refractivity contribution is -0.117. The van der Waals surface area contributed by atoms with Crippen LogP contribution in [0.4, 0.5) is 10.1 Å². The highest BCUT2D eigenvalue weighted by Crippen LogP contribution is 2.44. The molecular weight excluding hydrogens is 413 g/mol. The number of anilines is 1. The van der Waals surface area contributed by atoms with Gasteiger partial charge in [-0.25, -0.2) is 4.39 Å². The number of rotatable bonds is 6. The Morgan fingerprint density at radius 3 is 2.48 bits per heavy atom. The molecule has 0 spiro atoms. The van der Waals surface area contributed by atoms with Gasteiger partial charge in [-0.2, -0.15) is 0 Å². The van der Waals surface area contributed by atoms with Gasteiger partial charge in [-0.15, -0.1) is 0 Å². The summed E-state index contributed by atoms with van der Waals surface area (Å²) in [5.74, 6) is 0.208. The number of nitrogens with one attached hydrogen (secondary N) is 1. The molecule has 0 atom stereocenters. The zero-order chi connectivity index (χ0) is 22.8. The lowest BCUT2D eigenvalue weighted by Crippen LogP contribution is -2.20. The van der Waals surface area contributed by atoms with Crippen LogP contribution >= 0.6 is 0 Å². The highest BCUT2D eigenvalue weighted by Gasteiger charge is 2.42. The molecule has 0 saturated heterocycles. The molecule has 2 aliphatic carbocycles. The van der Waals surface area contributed by atoms with E-state index in [1.165, 1.54) is 25.3 Å². The molecule has 2 aliphatic rings. The highest BCUT2D eigenvalue weighted by molar-refractivity contribution is 5.93. The van der Waals surface area contributed by atoms with Crippen LogP contribution in [-0.4, -0.2) is 10.9 Å². The minimum absolute atomic E-state index is 0.0311. The molecule has 2 fully saturated rings. The average Bonchev–Trinajstić information content (AvgIpc) is 3.58. The third-order valence-electron chi connectivity index (χ3n) is 7.02. The van der Waals surface area contributed by atoms with Crippen LogP contribution in [0, 0.1) is 11.7 Å². The fourth-order valence-corrected chi connectivity index (χ4v) is 4.94. The molecule has 0 radical (unpaired) electrons. The number of carbonyl (C=O) groups is 1. The summed E-state index contributed by atoms with van der Waals surface area (Å²) in [6, 6.07) is 17.0. The van der Waals surface area contributed by atoms with E-state index >= 15 is 0 Å². The van der Waals surface area contributed by atoms with E-state index in [2.05, 4.69) is 10.3 Å². The molecule has 0 aliphatic heterocycles. The van der Waals surface area contributed by atoms with Crippen molar-refractivity contribution < 1.29 is 9.18 Å². The van der Waals surface area contributed by atoms with Crippen LogP contribution in [-0.2, 0) is 10.3 Å². The van der Waals surface area contributed by atoms with Crippen LogP contribution < -0.4 is 11.1 Å². The second kappa shape index (κ2) is 9.06. The highest BCUT2D eigenvalue weighted by atomic mass is 19.1. The first-order chi connectivity index (χ1) is 16.0. The number of halogens is 1. The van der Waals surface area contributed by atoms with Gasteiger partial charge in [0.2, 0.25) is 5.91 Å². The molecule has 3 N–H and O–H groups in total. The van der Waals surface area contributed by atoms with Crippen LogP contribution in [0.25, 0.3) is 22.4 Å². The van der Waals surface area contributed by atoms with Gasteiger partial charge >= 0.3 is 0 Å². The largest absolute Gasteiger partial charge is 0.325 e. The van der Waals surface area contributed by atoms with Crippen molar-refractivity contribution in [2.24, 2.45) is 11.7 Å². The minimum Gasteiger partial charge on any atom is -0.325 e. The maximum atomic E-state index is 14.9. The number of aromatic nitrogens is 1. The van der Waals surface area contributed by atoms with E-state index in [9.17, 15) is 9.18 Å². The molecule has 2 aromatic carbocycles. The molecule has 1 aromatic heterocycles. The predicted octanol–water partition coefficient (Wildman–Crippen LogP) is 6.41. The first kappa shape index (κ1) is 21.8. The Morgan fingerprint density at radius 1 is 1.03 bits per heavy atom. The lowest BCUT2D eigenvalue weighted by atomic mass is 9.87. The maximum Gasteiger partial charge on any atom is 0.224 e. The quantitative estimate of drug-likeness (QED) is 0.462. The molecule has 33 heavy (non-hydrogen) atoms. The fourth-order valence-electron chi connectivity index (χ4n) is 4.94. The third-order valence-corrected chi connectivity index (χ3v) is 7.02. The zero-order valence-corrected chi connectivity index (χ0v) is 18.8. The average molecular weight is 444 g/mol. The topological polar surface area (TPSA) is 68.0 Å². The van der Waals surface area contributed by atoms with E-state index < -0.39 is 5.54 Å². The zero-order valence-electron chi connectivity index (χ0n) is 18.8. The maximum absolute atomic E-state index is 14.9. The molecule has 170 valence electrons. The monoisotopic (exact) mass is 443 g/mol. The van der Waals surface area contributed by atoms with Crippen molar-refractivity contribution in [2.75, 3.05) is 5.32 Å².